The summed E-state index contributed by atoms with van der Waals surface area (Å²) in [5.41, 5.74) is -1.61. The zero-order chi connectivity index (χ0) is 78.6. The predicted molar refractivity (Wildman–Crippen MR) is 395 cm³/mol. The molecule has 2 heterocycles. The molecule has 24 nitrogen and oxygen atoms in total. The minimum Gasteiger partial charge on any atom is -0.347 e. The Balaban J connectivity index is 1.48. The number of amides is 12. The fraction of sp³-hybridized carbons (Fsp3) is 0.844. The summed E-state index contributed by atoms with van der Waals surface area (Å²) >= 11 is 6.47. The molecule has 6 rings (SSSR count). The molecule has 6 fully saturated rings. The SMILES string of the molecule is CC[C@H](C)[C@@H]1NC(=O)[C@H](CC(C)C)N(C)C(=O)C[C@@H](C(=O)N(C)C)N(C)C(=O)[C@H]([C@@H](C)CC)N(C)C(=O)C2(CCCC2)NC(=O)[C@H](CC2CCCC(C)C2)N(C)C(=O)[C@H](CCC2CCC(C(F)(F)F)C(Cl)C2)NC(=O)CN(C)C(=O)[C@H](CC2CCC(C)CC2)N(C)C(=O)[C@@H]2CCN2C(=O)[C@H](C)N(C)C1=O. The number of carbonyl (C=O) groups excluding carboxylic acids is 12. The molecule has 596 valence electrons. The summed E-state index contributed by atoms with van der Waals surface area (Å²) in [5.74, 6) is -10.4. The molecule has 28 heteroatoms. The van der Waals surface area contributed by atoms with Crippen LogP contribution in [0.25, 0.3) is 0 Å². The van der Waals surface area contributed by atoms with Crippen molar-refractivity contribution in [2.75, 3.05) is 76.5 Å². The molecule has 2 saturated heterocycles. The van der Waals surface area contributed by atoms with Crippen LogP contribution in [0, 0.1) is 53.3 Å². The van der Waals surface area contributed by atoms with Gasteiger partial charge >= 0.3 is 6.18 Å². The highest BCUT2D eigenvalue weighted by Gasteiger charge is 2.52. The molecule has 3 N–H and O–H groups in total. The number of carbonyl (C=O) groups is 12. The first-order valence-electron chi connectivity index (χ1n) is 39.1. The molecule has 0 radical (unpaired) electrons. The van der Waals surface area contributed by atoms with E-state index in [4.69, 9.17) is 11.6 Å². The molecule has 16 atom stereocenters. The summed E-state index contributed by atoms with van der Waals surface area (Å²) in [6.07, 6.45) is 4.32. The van der Waals surface area contributed by atoms with Crippen LogP contribution in [0.3, 0.4) is 0 Å². The second-order valence-corrected chi connectivity index (χ2v) is 33.9. The molecule has 0 aromatic heterocycles. The van der Waals surface area contributed by atoms with Crippen molar-refractivity contribution in [3.05, 3.63) is 0 Å². The van der Waals surface area contributed by atoms with Crippen molar-refractivity contribution in [3.8, 4) is 0 Å². The third-order valence-corrected chi connectivity index (χ3v) is 25.4. The van der Waals surface area contributed by atoms with Gasteiger partial charge in [-0.3, -0.25) is 57.5 Å². The summed E-state index contributed by atoms with van der Waals surface area (Å²) in [5, 5.41) is 7.74. The van der Waals surface area contributed by atoms with E-state index in [0.717, 1.165) is 56.3 Å². The topological polar surface area (TPSA) is 270 Å². The van der Waals surface area contributed by atoms with Crippen molar-refractivity contribution in [1.82, 2.24) is 60.0 Å². The summed E-state index contributed by atoms with van der Waals surface area (Å²) < 4.78 is 42.5. The molecule has 12 amide bonds. The molecule has 4 saturated carbocycles. The second kappa shape index (κ2) is 38.2. The van der Waals surface area contributed by atoms with E-state index in [2.05, 4.69) is 29.8 Å². The van der Waals surface area contributed by atoms with Crippen LogP contribution in [0.15, 0.2) is 0 Å². The standard InChI is InChI=1S/C77H128ClF3N12O12/c1-19-48(7)64-73(103)87(13)50(9)68(98)93-37-34-57(93)72(102)90(16)60(41-52-28-26-46(5)27-29-52)71(101)86(12)44-62(94)82-56(33-31-51-30-32-54(55(78)40-51)77(79,80)81)69(99)89(15)59(42-53-25-23-24-47(6)39-53)67(97)84-76(35-21-22-36-76)75(105)92(18)65(49(8)20-2)74(104)91(17)61(70(100)85(10)11)43-63(95)88(14)58(38-45(3)4)66(96)83-64/h45-61,64-65H,19-44H2,1-18H3,(H,82,94)(H,83,96)(H,84,97)/t46?,47?,48-,49-,50-,51?,52?,53?,54?,55?,56-,57-,58-,59-,60-,61-,64-,65-/m0/s1. The first kappa shape index (κ1) is 87.6. The van der Waals surface area contributed by atoms with Gasteiger partial charge in [0.15, 0.2) is 0 Å². The number of nitrogens with one attached hydrogen (secondary N) is 3. The highest BCUT2D eigenvalue weighted by Crippen LogP contribution is 2.44. The molecular formula is C77H128ClF3N12O12. The average molecular weight is 1510 g/mol. The van der Waals surface area contributed by atoms with Crippen molar-refractivity contribution >= 4 is 82.5 Å². The van der Waals surface area contributed by atoms with E-state index in [0.29, 0.717) is 31.6 Å². The van der Waals surface area contributed by atoms with Gasteiger partial charge in [-0.15, -0.1) is 11.6 Å². The summed E-state index contributed by atoms with van der Waals surface area (Å²) in [6, 6.07) is -11.1. The Morgan fingerprint density at radius 2 is 1.19 bits per heavy atom. The number of nitrogens with zero attached hydrogens (tertiary/aromatic N) is 9. The highest BCUT2D eigenvalue weighted by molar-refractivity contribution is 6.21. The van der Waals surface area contributed by atoms with E-state index >= 15 is 28.8 Å². The number of alkyl halides is 4. The molecule has 2 aliphatic heterocycles. The molecular weight excluding hydrogens is 1380 g/mol. The van der Waals surface area contributed by atoms with Gasteiger partial charge in [-0.25, -0.2) is 0 Å². The third-order valence-electron chi connectivity index (χ3n) is 24.9. The van der Waals surface area contributed by atoms with Crippen molar-refractivity contribution in [2.24, 2.45) is 53.3 Å². The fourth-order valence-corrected chi connectivity index (χ4v) is 17.7. The lowest BCUT2D eigenvalue weighted by atomic mass is 9.78. The number of hydrogen-bond acceptors (Lipinski definition) is 12. The molecule has 0 bridgehead atoms. The number of hydrogen-bond donors (Lipinski definition) is 3. The van der Waals surface area contributed by atoms with Gasteiger partial charge in [0, 0.05) is 75.4 Å². The third kappa shape index (κ3) is 21.8. The molecule has 105 heavy (non-hydrogen) atoms. The summed E-state index contributed by atoms with van der Waals surface area (Å²) in [6.45, 7) is 16.3. The Kier molecular flexibility index (Phi) is 31.9. The fourth-order valence-electron chi connectivity index (χ4n) is 17.1. The molecule has 5 unspecified atom stereocenters. The predicted octanol–water partition coefficient (Wildman–Crippen LogP) is 7.86. The number of likely N-dealkylation sites (N-methyl/N-ethyl adjacent to an activating group) is 8. The molecule has 6 aliphatic rings. The maximum atomic E-state index is 15.8. The Morgan fingerprint density at radius 1 is 0.590 bits per heavy atom. The van der Waals surface area contributed by atoms with E-state index in [9.17, 15) is 41.9 Å². The van der Waals surface area contributed by atoms with Gasteiger partial charge in [-0.2, -0.15) is 13.2 Å². The molecule has 4 aliphatic carbocycles. The van der Waals surface area contributed by atoms with Crippen molar-refractivity contribution in [2.45, 2.75) is 288 Å². The van der Waals surface area contributed by atoms with Crippen LogP contribution < -0.4 is 16.0 Å². The first-order valence-corrected chi connectivity index (χ1v) is 39.5. The molecule has 0 aromatic rings. The minimum atomic E-state index is -4.52. The van der Waals surface area contributed by atoms with Crippen molar-refractivity contribution < 1.29 is 70.7 Å². The zero-order valence-corrected chi connectivity index (χ0v) is 67.0. The first-order chi connectivity index (χ1) is 49.1. The Bertz CT molecular complexity index is 3060. The van der Waals surface area contributed by atoms with Crippen LogP contribution in [0.2, 0.25) is 0 Å². The van der Waals surface area contributed by atoms with Crippen LogP contribution in [-0.2, 0) is 57.5 Å². The lowest BCUT2D eigenvalue weighted by Gasteiger charge is -2.45. The van der Waals surface area contributed by atoms with Gasteiger partial charge in [0.2, 0.25) is 70.9 Å². The van der Waals surface area contributed by atoms with E-state index in [-0.39, 0.29) is 107 Å². The minimum absolute atomic E-state index is 0.0103. The summed E-state index contributed by atoms with van der Waals surface area (Å²) in [7, 11) is 13.1. The highest BCUT2D eigenvalue weighted by atomic mass is 35.5. The quantitative estimate of drug-likeness (QED) is 0.140. The second-order valence-electron chi connectivity index (χ2n) is 33.3. The lowest BCUT2D eigenvalue weighted by Crippen LogP contribution is -2.65. The van der Waals surface area contributed by atoms with Gasteiger partial charge in [-0.1, -0.05) is 126 Å². The largest absolute Gasteiger partial charge is 0.393 e. The van der Waals surface area contributed by atoms with Crippen LogP contribution in [0.4, 0.5) is 13.2 Å². The summed E-state index contributed by atoms with van der Waals surface area (Å²) in [4.78, 5) is 193. The van der Waals surface area contributed by atoms with E-state index in [1.807, 2.05) is 27.7 Å². The normalized spacial score (nSPS) is 32.4. The van der Waals surface area contributed by atoms with Gasteiger partial charge in [0.05, 0.1) is 18.9 Å². The van der Waals surface area contributed by atoms with Gasteiger partial charge in [0.25, 0.3) is 0 Å². The van der Waals surface area contributed by atoms with Crippen LogP contribution in [0.1, 0.15) is 216 Å². The Morgan fingerprint density at radius 3 is 1.74 bits per heavy atom. The van der Waals surface area contributed by atoms with Crippen LogP contribution in [0.5, 0.6) is 0 Å². The molecule has 0 aromatic carbocycles. The maximum Gasteiger partial charge on any atom is 0.393 e. The van der Waals surface area contributed by atoms with E-state index in [1.165, 1.54) is 110 Å². The molecule has 1 spiro atoms. The number of rotatable bonds is 14. The lowest BCUT2D eigenvalue weighted by molar-refractivity contribution is -0.182. The van der Waals surface area contributed by atoms with Crippen molar-refractivity contribution in [3.63, 3.8) is 0 Å². The monoisotopic (exact) mass is 1500 g/mol. The van der Waals surface area contributed by atoms with Crippen molar-refractivity contribution in [1.29, 1.82) is 0 Å². The van der Waals surface area contributed by atoms with Crippen LogP contribution >= 0.6 is 11.6 Å². The number of fused-ring (bicyclic) bond motifs is 1. The van der Waals surface area contributed by atoms with Gasteiger partial charge in [-0.05, 0) is 131 Å². The Hall–Kier alpha value is -6.28. The zero-order valence-electron chi connectivity index (χ0n) is 66.3. The number of halogens is 4. The van der Waals surface area contributed by atoms with Gasteiger partial charge < -0.3 is 60.0 Å². The Labute approximate surface area is 628 Å². The van der Waals surface area contributed by atoms with E-state index in [1.54, 1.807) is 13.8 Å². The average Bonchev–Trinajstić information content (AvgIpc) is 1.75. The van der Waals surface area contributed by atoms with Gasteiger partial charge in [0.1, 0.15) is 59.9 Å². The van der Waals surface area contributed by atoms with Crippen LogP contribution in [-0.4, -0.2) is 263 Å². The van der Waals surface area contributed by atoms with E-state index < -0.39 is 173 Å². The maximum absolute atomic E-state index is 15.8. The smallest absolute Gasteiger partial charge is 0.347 e.